The van der Waals surface area contributed by atoms with Crippen LogP contribution in [0.1, 0.15) is 44.3 Å². The molecule has 1 aromatic heterocycles. The molecule has 0 aromatic carbocycles. The first-order valence-corrected chi connectivity index (χ1v) is 9.28. The summed E-state index contributed by atoms with van der Waals surface area (Å²) in [6.07, 6.45) is 5.64. The molecule has 0 N–H and O–H groups in total. The Bertz CT molecular complexity index is 517. The van der Waals surface area contributed by atoms with Gasteiger partial charge in [-0.25, -0.2) is 0 Å². The number of aryl methyl sites for hydroxylation is 1. The van der Waals surface area contributed by atoms with E-state index in [9.17, 15) is 4.79 Å². The van der Waals surface area contributed by atoms with Gasteiger partial charge in [-0.2, -0.15) is 4.98 Å². The molecule has 0 bridgehead atoms. The van der Waals surface area contributed by atoms with Gasteiger partial charge in [-0.15, -0.1) is 0 Å². The fourth-order valence-electron chi connectivity index (χ4n) is 3.41. The smallest absolute Gasteiger partial charge is 0.240 e. The maximum absolute atomic E-state index is 12.5. The highest BCUT2D eigenvalue weighted by molar-refractivity contribution is 5.78. The van der Waals surface area contributed by atoms with Crippen LogP contribution in [0.3, 0.4) is 0 Å². The number of rotatable bonds is 5. The number of hydrogen-bond acceptors (Lipinski definition) is 6. The second-order valence-corrected chi connectivity index (χ2v) is 6.81. The first-order chi connectivity index (χ1) is 11.7. The molecule has 0 aliphatic carbocycles. The highest BCUT2D eigenvalue weighted by Crippen LogP contribution is 2.11. The molecule has 134 valence electrons. The Morgan fingerprint density at radius 2 is 1.67 bits per heavy atom. The number of likely N-dealkylation sites (tertiary alicyclic amines) is 1. The number of nitrogens with zero attached hydrogens (tertiary/aromatic N) is 5. The van der Waals surface area contributed by atoms with Crippen LogP contribution in [0.4, 0.5) is 0 Å². The van der Waals surface area contributed by atoms with Crippen LogP contribution in [0.2, 0.25) is 0 Å². The summed E-state index contributed by atoms with van der Waals surface area (Å²) in [5.74, 6) is 1.77. The zero-order chi connectivity index (χ0) is 16.8. The topological polar surface area (TPSA) is 65.7 Å². The Labute approximate surface area is 144 Å². The van der Waals surface area contributed by atoms with Gasteiger partial charge in [0.25, 0.3) is 0 Å². The van der Waals surface area contributed by atoms with E-state index >= 15 is 0 Å². The largest absolute Gasteiger partial charge is 0.342 e. The number of carbonyl (C=O) groups excluding carboxylic acids is 1. The molecule has 24 heavy (non-hydrogen) atoms. The lowest BCUT2D eigenvalue weighted by Crippen LogP contribution is -2.49. The lowest BCUT2D eigenvalue weighted by Gasteiger charge is -2.34. The number of hydrogen-bond donors (Lipinski definition) is 0. The van der Waals surface area contributed by atoms with Crippen LogP contribution >= 0.6 is 0 Å². The number of piperazine rings is 1. The van der Waals surface area contributed by atoms with Crippen molar-refractivity contribution in [3.8, 4) is 0 Å². The minimum Gasteiger partial charge on any atom is -0.342 e. The van der Waals surface area contributed by atoms with E-state index in [1.165, 1.54) is 12.8 Å². The fourth-order valence-corrected chi connectivity index (χ4v) is 3.41. The zero-order valence-electron chi connectivity index (χ0n) is 14.7. The number of carbonyl (C=O) groups is 1. The molecule has 1 aromatic rings. The second kappa shape index (κ2) is 8.58. The Morgan fingerprint density at radius 3 is 2.29 bits per heavy atom. The lowest BCUT2D eigenvalue weighted by atomic mass is 10.2. The molecule has 0 saturated carbocycles. The quantitative estimate of drug-likeness (QED) is 0.804. The van der Waals surface area contributed by atoms with Gasteiger partial charge in [0.15, 0.2) is 5.82 Å². The maximum Gasteiger partial charge on any atom is 0.240 e. The molecule has 0 radical (unpaired) electrons. The van der Waals surface area contributed by atoms with Crippen LogP contribution in [0.25, 0.3) is 0 Å². The summed E-state index contributed by atoms with van der Waals surface area (Å²) >= 11 is 0. The van der Waals surface area contributed by atoms with Gasteiger partial charge >= 0.3 is 0 Å². The van der Waals surface area contributed by atoms with Gasteiger partial charge in [0.05, 0.1) is 13.1 Å². The molecule has 7 nitrogen and oxygen atoms in total. The van der Waals surface area contributed by atoms with Crippen molar-refractivity contribution in [3.05, 3.63) is 11.7 Å². The third-order valence-electron chi connectivity index (χ3n) is 4.97. The summed E-state index contributed by atoms with van der Waals surface area (Å²) in [6.45, 7) is 8.91. The summed E-state index contributed by atoms with van der Waals surface area (Å²) in [5, 5.41) is 3.94. The molecule has 3 rings (SSSR count). The fraction of sp³-hybridized carbons (Fsp3) is 0.824. The molecular weight excluding hydrogens is 306 g/mol. The molecule has 0 atom stereocenters. The van der Waals surface area contributed by atoms with Crippen molar-refractivity contribution in [3.63, 3.8) is 0 Å². The van der Waals surface area contributed by atoms with Gasteiger partial charge in [-0.1, -0.05) is 24.9 Å². The minimum absolute atomic E-state index is 0.301. The molecule has 2 saturated heterocycles. The van der Waals surface area contributed by atoms with Crippen LogP contribution in [-0.4, -0.2) is 76.6 Å². The van der Waals surface area contributed by atoms with E-state index in [2.05, 4.69) is 24.8 Å². The van der Waals surface area contributed by atoms with Gasteiger partial charge in [0, 0.05) is 45.7 Å². The minimum atomic E-state index is 0.301. The van der Waals surface area contributed by atoms with Crippen LogP contribution in [0.5, 0.6) is 0 Å². The highest BCUT2D eigenvalue weighted by atomic mass is 16.5. The summed E-state index contributed by atoms with van der Waals surface area (Å²) in [5.41, 5.74) is 0. The average molecular weight is 335 g/mol. The van der Waals surface area contributed by atoms with Crippen molar-refractivity contribution in [2.75, 3.05) is 45.8 Å². The predicted octanol–water partition coefficient (Wildman–Crippen LogP) is 1.15. The van der Waals surface area contributed by atoms with Gasteiger partial charge in [0.1, 0.15) is 0 Å². The standard InChI is InChI=1S/C17H29N5O2/c1-2-15-18-16(24-19-15)13-20-9-11-21(12-10-20)14-17(23)22-7-5-3-4-6-8-22/h2-14H2,1H3. The van der Waals surface area contributed by atoms with Crippen LogP contribution in [-0.2, 0) is 17.8 Å². The van der Waals surface area contributed by atoms with E-state index in [0.29, 0.717) is 24.9 Å². The first kappa shape index (κ1) is 17.4. The molecular formula is C17H29N5O2. The molecule has 0 spiro atoms. The van der Waals surface area contributed by atoms with E-state index in [-0.39, 0.29) is 0 Å². The van der Waals surface area contributed by atoms with E-state index in [1.54, 1.807) is 0 Å². The number of amides is 1. The van der Waals surface area contributed by atoms with Crippen molar-refractivity contribution >= 4 is 5.91 Å². The van der Waals surface area contributed by atoms with Crippen molar-refractivity contribution in [2.24, 2.45) is 0 Å². The molecule has 7 heteroatoms. The average Bonchev–Trinajstić information content (AvgIpc) is 2.87. The molecule has 2 fully saturated rings. The Hall–Kier alpha value is -1.47. The van der Waals surface area contributed by atoms with E-state index in [4.69, 9.17) is 4.52 Å². The predicted molar refractivity (Wildman–Crippen MR) is 90.4 cm³/mol. The van der Waals surface area contributed by atoms with Crippen molar-refractivity contribution in [1.82, 2.24) is 24.8 Å². The summed E-state index contributed by atoms with van der Waals surface area (Å²) in [7, 11) is 0. The molecule has 3 heterocycles. The van der Waals surface area contributed by atoms with Gasteiger partial charge in [-0.05, 0) is 12.8 Å². The second-order valence-electron chi connectivity index (χ2n) is 6.81. The summed E-state index contributed by atoms with van der Waals surface area (Å²) < 4.78 is 5.26. The Balaban J connectivity index is 1.40. The van der Waals surface area contributed by atoms with Crippen LogP contribution < -0.4 is 0 Å². The Morgan fingerprint density at radius 1 is 1.00 bits per heavy atom. The third kappa shape index (κ3) is 4.77. The maximum atomic E-state index is 12.5. The van der Waals surface area contributed by atoms with Crippen molar-refractivity contribution in [1.29, 1.82) is 0 Å². The molecule has 2 aliphatic heterocycles. The first-order valence-electron chi connectivity index (χ1n) is 9.28. The van der Waals surface area contributed by atoms with Crippen LogP contribution in [0, 0.1) is 0 Å². The van der Waals surface area contributed by atoms with E-state index in [0.717, 1.165) is 64.4 Å². The van der Waals surface area contributed by atoms with Crippen molar-refractivity contribution in [2.45, 2.75) is 45.6 Å². The van der Waals surface area contributed by atoms with E-state index in [1.807, 2.05) is 6.92 Å². The SMILES string of the molecule is CCc1noc(CN2CCN(CC(=O)N3CCCCCC3)CC2)n1. The van der Waals surface area contributed by atoms with Gasteiger partial charge < -0.3 is 9.42 Å². The molecule has 1 amide bonds. The normalized spacial score (nSPS) is 21.0. The monoisotopic (exact) mass is 335 g/mol. The zero-order valence-corrected chi connectivity index (χ0v) is 14.7. The number of aromatic nitrogens is 2. The van der Waals surface area contributed by atoms with Gasteiger partial charge in [-0.3, -0.25) is 14.6 Å². The third-order valence-corrected chi connectivity index (χ3v) is 4.97. The summed E-state index contributed by atoms with van der Waals surface area (Å²) in [6, 6.07) is 0. The van der Waals surface area contributed by atoms with E-state index < -0.39 is 0 Å². The van der Waals surface area contributed by atoms with Crippen molar-refractivity contribution < 1.29 is 9.32 Å². The Kier molecular flexibility index (Phi) is 6.20. The van der Waals surface area contributed by atoms with Crippen LogP contribution in [0.15, 0.2) is 4.52 Å². The van der Waals surface area contributed by atoms with Gasteiger partial charge in [0.2, 0.25) is 11.8 Å². The summed E-state index contributed by atoms with van der Waals surface area (Å²) in [4.78, 5) is 23.5. The lowest BCUT2D eigenvalue weighted by molar-refractivity contribution is -0.132. The molecule has 0 unspecified atom stereocenters. The molecule has 2 aliphatic rings. The highest BCUT2D eigenvalue weighted by Gasteiger charge is 2.23.